The molecule has 0 bridgehead atoms. The fraction of sp³-hybridized carbons (Fsp3) is 0.318. The number of phenols is 1. The summed E-state index contributed by atoms with van der Waals surface area (Å²) in [5, 5.41) is 16.2. The summed E-state index contributed by atoms with van der Waals surface area (Å²) >= 11 is 0. The second-order valence-corrected chi connectivity index (χ2v) is 7.33. The van der Waals surface area contributed by atoms with E-state index in [1.165, 1.54) is 19.1 Å². The smallest absolute Gasteiger partial charge is 0.253 e. The Bertz CT molecular complexity index is 1120. The van der Waals surface area contributed by atoms with E-state index in [-0.39, 0.29) is 40.2 Å². The highest BCUT2D eigenvalue weighted by atomic mass is 16.3. The number of furan rings is 1. The topological polar surface area (TPSA) is 109 Å². The largest absolute Gasteiger partial charge is 0.505 e. The highest BCUT2D eigenvalue weighted by Gasteiger charge is 2.26. The van der Waals surface area contributed by atoms with Crippen LogP contribution >= 0.6 is 0 Å². The fourth-order valence-electron chi connectivity index (χ4n) is 3.11. The third-order valence-electron chi connectivity index (χ3n) is 4.96. The van der Waals surface area contributed by atoms with Crippen molar-refractivity contribution in [1.82, 2.24) is 0 Å². The molecule has 1 atom stereocenters. The Morgan fingerprint density at radius 3 is 2.45 bits per heavy atom. The minimum absolute atomic E-state index is 0.0556. The lowest BCUT2D eigenvalue weighted by Gasteiger charge is -2.20. The summed E-state index contributed by atoms with van der Waals surface area (Å²) < 4.78 is 5.65. The maximum Gasteiger partial charge on any atom is 0.253 e. The molecule has 0 radical (unpaired) electrons. The van der Waals surface area contributed by atoms with Crippen molar-refractivity contribution in [3.05, 3.63) is 67.9 Å². The van der Waals surface area contributed by atoms with Gasteiger partial charge in [-0.2, -0.15) is 0 Å². The van der Waals surface area contributed by atoms with Crippen molar-refractivity contribution in [2.75, 3.05) is 10.6 Å². The van der Waals surface area contributed by atoms with Gasteiger partial charge in [-0.1, -0.05) is 26.8 Å². The third-order valence-corrected chi connectivity index (χ3v) is 4.96. The Labute approximate surface area is 168 Å². The van der Waals surface area contributed by atoms with E-state index in [0.29, 0.717) is 18.1 Å². The average Bonchev–Trinajstić information content (AvgIpc) is 3.18. The van der Waals surface area contributed by atoms with Crippen LogP contribution in [0.25, 0.3) is 0 Å². The average molecular weight is 396 g/mol. The van der Waals surface area contributed by atoms with Gasteiger partial charge in [-0.25, -0.2) is 0 Å². The molecule has 1 heterocycles. The van der Waals surface area contributed by atoms with Crippen LogP contribution in [0.5, 0.6) is 5.75 Å². The number of carbonyl (C=O) groups excluding carboxylic acids is 1. The van der Waals surface area contributed by atoms with Crippen molar-refractivity contribution in [3.63, 3.8) is 0 Å². The lowest BCUT2D eigenvalue weighted by Crippen LogP contribution is -2.37. The molecule has 3 rings (SSSR count). The van der Waals surface area contributed by atoms with E-state index in [2.05, 4.69) is 24.5 Å². The van der Waals surface area contributed by atoms with E-state index in [9.17, 15) is 19.5 Å². The summed E-state index contributed by atoms with van der Waals surface area (Å²) in [7, 11) is 0. The first kappa shape index (κ1) is 20.4. The molecule has 0 saturated carbocycles. The summed E-state index contributed by atoms with van der Waals surface area (Å²) in [6.45, 7) is 7.40. The molecule has 29 heavy (non-hydrogen) atoms. The Balaban J connectivity index is 1.89. The van der Waals surface area contributed by atoms with E-state index in [1.807, 2.05) is 13.0 Å². The number of para-hydroxylation sites is 1. The zero-order valence-corrected chi connectivity index (χ0v) is 16.8. The van der Waals surface area contributed by atoms with Crippen LogP contribution in [0.4, 0.5) is 17.1 Å². The second-order valence-electron chi connectivity index (χ2n) is 7.33. The van der Waals surface area contributed by atoms with Crippen LogP contribution in [0.3, 0.4) is 0 Å². The van der Waals surface area contributed by atoms with Crippen molar-refractivity contribution in [1.29, 1.82) is 0 Å². The first-order chi connectivity index (χ1) is 13.7. The molecule has 7 nitrogen and oxygen atoms in total. The molecule has 0 aliphatic heterocycles. The Kier molecular flexibility index (Phi) is 5.59. The molecule has 0 saturated heterocycles. The number of benzene rings is 1. The van der Waals surface area contributed by atoms with Crippen molar-refractivity contribution in [2.24, 2.45) is 0 Å². The standard InChI is InChI=1S/C22H24N2O5/c1-5-15(17-9-13(10-29-17)11(2)3)23-18-19(22(28)21(18)27)24-16-8-6-7-14(12(4)25)20(16)26/h6-11,15,23-24,26H,5H2,1-4H3. The van der Waals surface area contributed by atoms with Gasteiger partial charge in [-0.05, 0) is 43.0 Å². The first-order valence-corrected chi connectivity index (χ1v) is 9.52. The molecule has 7 heteroatoms. The number of aromatic hydroxyl groups is 1. The number of Topliss-reactive ketones (excluding diaryl/α,β-unsaturated/α-hetero) is 1. The maximum atomic E-state index is 12.2. The predicted molar refractivity (Wildman–Crippen MR) is 112 cm³/mol. The molecule has 0 aliphatic carbocycles. The number of ketones is 1. The summed E-state index contributed by atoms with van der Waals surface area (Å²) in [5.41, 5.74) is 0.236. The lowest BCUT2D eigenvalue weighted by molar-refractivity contribution is 0.101. The molecule has 2 aromatic carbocycles. The lowest BCUT2D eigenvalue weighted by atomic mass is 10.0. The molecule has 0 aliphatic rings. The van der Waals surface area contributed by atoms with E-state index in [4.69, 9.17) is 4.42 Å². The van der Waals surface area contributed by atoms with Crippen LogP contribution in [0.1, 0.15) is 67.8 Å². The van der Waals surface area contributed by atoms with Crippen LogP contribution in [0.2, 0.25) is 0 Å². The fourth-order valence-corrected chi connectivity index (χ4v) is 3.11. The van der Waals surface area contributed by atoms with Crippen LogP contribution in [0, 0.1) is 0 Å². The number of anilines is 3. The molecule has 0 spiro atoms. The SMILES string of the molecule is CCC(Nc1c(Nc2cccc(C(C)=O)c2O)c(=O)c1=O)c1cc(C(C)C)co1. The van der Waals surface area contributed by atoms with Gasteiger partial charge >= 0.3 is 0 Å². The van der Waals surface area contributed by atoms with Gasteiger partial charge in [0.1, 0.15) is 22.9 Å². The van der Waals surface area contributed by atoms with Crippen LogP contribution < -0.4 is 21.5 Å². The van der Waals surface area contributed by atoms with Crippen molar-refractivity contribution in [2.45, 2.75) is 46.1 Å². The number of phenolic OH excluding ortho intramolecular Hbond substituents is 1. The van der Waals surface area contributed by atoms with Gasteiger partial charge in [0.25, 0.3) is 10.9 Å². The van der Waals surface area contributed by atoms with Crippen molar-refractivity contribution in [3.8, 4) is 5.75 Å². The molecule has 1 unspecified atom stereocenters. The maximum absolute atomic E-state index is 12.2. The molecule has 3 N–H and O–H groups in total. The highest BCUT2D eigenvalue weighted by Crippen LogP contribution is 2.33. The summed E-state index contributed by atoms with van der Waals surface area (Å²) in [4.78, 5) is 35.9. The minimum Gasteiger partial charge on any atom is -0.505 e. The molecule has 152 valence electrons. The highest BCUT2D eigenvalue weighted by molar-refractivity contribution is 5.99. The van der Waals surface area contributed by atoms with E-state index >= 15 is 0 Å². The second kappa shape index (κ2) is 7.95. The summed E-state index contributed by atoms with van der Waals surface area (Å²) in [6.07, 6.45) is 2.32. The van der Waals surface area contributed by atoms with Crippen LogP contribution in [-0.2, 0) is 0 Å². The van der Waals surface area contributed by atoms with Gasteiger partial charge in [0, 0.05) is 0 Å². The van der Waals surface area contributed by atoms with Crippen molar-refractivity contribution < 1.29 is 14.3 Å². The van der Waals surface area contributed by atoms with Gasteiger partial charge in [-0.15, -0.1) is 0 Å². The number of hydrogen-bond donors (Lipinski definition) is 3. The Morgan fingerprint density at radius 2 is 1.86 bits per heavy atom. The first-order valence-electron chi connectivity index (χ1n) is 9.52. The van der Waals surface area contributed by atoms with Crippen LogP contribution in [0.15, 0.2) is 44.5 Å². The number of carbonyl (C=O) groups is 1. The van der Waals surface area contributed by atoms with Gasteiger partial charge in [0.05, 0.1) is 23.6 Å². The molecule has 3 aromatic rings. The monoisotopic (exact) mass is 396 g/mol. The number of hydrogen-bond acceptors (Lipinski definition) is 7. The molecule has 0 amide bonds. The quantitative estimate of drug-likeness (QED) is 0.297. The minimum atomic E-state index is -0.683. The molecular formula is C22H24N2O5. The van der Waals surface area contributed by atoms with Gasteiger partial charge in [-0.3, -0.25) is 14.4 Å². The normalized spacial score (nSPS) is 12.3. The van der Waals surface area contributed by atoms with Crippen molar-refractivity contribution >= 4 is 22.8 Å². The van der Waals surface area contributed by atoms with Gasteiger partial charge in [0.15, 0.2) is 5.78 Å². The molecule has 0 fully saturated rings. The van der Waals surface area contributed by atoms with E-state index in [1.54, 1.807) is 12.3 Å². The molecular weight excluding hydrogens is 372 g/mol. The Hall–Kier alpha value is -3.35. The van der Waals surface area contributed by atoms with E-state index < -0.39 is 10.9 Å². The summed E-state index contributed by atoms with van der Waals surface area (Å²) in [5.74, 6) is 0.416. The number of rotatable bonds is 8. The Morgan fingerprint density at radius 1 is 1.17 bits per heavy atom. The number of nitrogens with one attached hydrogen (secondary N) is 2. The van der Waals surface area contributed by atoms with Gasteiger partial charge < -0.3 is 20.2 Å². The van der Waals surface area contributed by atoms with Gasteiger partial charge in [0.2, 0.25) is 0 Å². The predicted octanol–water partition coefficient (Wildman–Crippen LogP) is 4.21. The zero-order chi connectivity index (χ0) is 21.3. The third kappa shape index (κ3) is 3.81. The summed E-state index contributed by atoms with van der Waals surface area (Å²) in [6, 6.07) is 6.25. The van der Waals surface area contributed by atoms with E-state index in [0.717, 1.165) is 5.56 Å². The zero-order valence-electron chi connectivity index (χ0n) is 16.8. The molecule has 1 aromatic heterocycles. The van der Waals surface area contributed by atoms with Crippen LogP contribution in [-0.4, -0.2) is 10.9 Å².